The normalized spacial score (nSPS) is 22.2. The predicted octanol–water partition coefficient (Wildman–Crippen LogP) is 3.75. The van der Waals surface area contributed by atoms with E-state index in [9.17, 15) is 9.90 Å². The van der Waals surface area contributed by atoms with Gasteiger partial charge in [0.2, 0.25) is 5.69 Å². The Morgan fingerprint density at radius 2 is 1.90 bits per heavy atom. The molecule has 1 fully saturated rings. The van der Waals surface area contributed by atoms with Crippen molar-refractivity contribution in [2.45, 2.75) is 39.5 Å². The fourth-order valence-corrected chi connectivity index (χ4v) is 6.26. The second kappa shape index (κ2) is 10.7. The second-order valence-corrected chi connectivity index (χ2v) is 11.4. The third-order valence-electron chi connectivity index (χ3n) is 8.50. The van der Waals surface area contributed by atoms with Gasteiger partial charge in [0.1, 0.15) is 7.05 Å². The summed E-state index contributed by atoms with van der Waals surface area (Å²) in [7, 11) is 4.25. The topological polar surface area (TPSA) is 56.4 Å². The number of carbonyl (C=O) groups is 1. The molecule has 0 bridgehead atoms. The summed E-state index contributed by atoms with van der Waals surface area (Å²) >= 11 is 0. The number of para-hydroxylation sites is 1. The lowest BCUT2D eigenvalue weighted by Gasteiger charge is -2.27. The lowest BCUT2D eigenvalue weighted by molar-refractivity contribution is -0.401. The van der Waals surface area contributed by atoms with Crippen molar-refractivity contribution in [3.05, 3.63) is 113 Å². The number of pyridine rings is 1. The molecule has 6 heteroatoms. The van der Waals surface area contributed by atoms with E-state index < -0.39 is 5.97 Å². The fourth-order valence-electron chi connectivity index (χ4n) is 6.26. The van der Waals surface area contributed by atoms with Crippen LogP contribution in [-0.4, -0.2) is 45.3 Å². The molecule has 1 N–H and O–H groups in total. The molecule has 0 radical (unpaired) electrons. The minimum absolute atomic E-state index is 0. The summed E-state index contributed by atoms with van der Waals surface area (Å²) in [5.41, 5.74) is 7.99. The van der Waals surface area contributed by atoms with Gasteiger partial charge in [-0.3, -0.25) is 4.98 Å². The first-order chi connectivity index (χ1) is 18.0. The molecular formula is C33H36IN3O2. The average molecular weight is 634 g/mol. The van der Waals surface area contributed by atoms with Crippen LogP contribution in [0.3, 0.4) is 0 Å². The number of aromatic nitrogens is 1. The predicted molar refractivity (Wildman–Crippen MR) is 154 cm³/mol. The van der Waals surface area contributed by atoms with E-state index in [0.29, 0.717) is 5.92 Å². The number of aromatic carboxylic acids is 1. The quantitative estimate of drug-likeness (QED) is 0.310. The Balaban J connectivity index is 0.00000353. The zero-order chi connectivity index (χ0) is 27.2. The first kappa shape index (κ1) is 28.7. The first-order valence-electron chi connectivity index (χ1n) is 13.1. The van der Waals surface area contributed by atoms with Crippen molar-refractivity contribution < 1.29 is 38.5 Å². The lowest BCUT2D eigenvalue weighted by atomic mass is 9.75. The molecule has 3 heterocycles. The van der Waals surface area contributed by atoms with Gasteiger partial charge in [0.05, 0.1) is 16.7 Å². The molecule has 1 aliphatic carbocycles. The van der Waals surface area contributed by atoms with E-state index in [2.05, 4.69) is 123 Å². The summed E-state index contributed by atoms with van der Waals surface area (Å²) in [4.78, 5) is 18.3. The molecule has 2 aliphatic heterocycles. The van der Waals surface area contributed by atoms with Crippen LogP contribution in [0.25, 0.3) is 5.57 Å². The van der Waals surface area contributed by atoms with Gasteiger partial charge in [-0.05, 0) is 50.6 Å². The number of hydrogen-bond donors (Lipinski definition) is 1. The molecule has 0 spiro atoms. The van der Waals surface area contributed by atoms with E-state index >= 15 is 0 Å². The van der Waals surface area contributed by atoms with Gasteiger partial charge < -0.3 is 34.0 Å². The molecule has 1 aromatic heterocycles. The van der Waals surface area contributed by atoms with Gasteiger partial charge in [0, 0.05) is 59.3 Å². The molecule has 5 nitrogen and oxygen atoms in total. The van der Waals surface area contributed by atoms with Crippen LogP contribution in [0.2, 0.25) is 0 Å². The summed E-state index contributed by atoms with van der Waals surface area (Å²) < 4.78 is 2.25. The summed E-state index contributed by atoms with van der Waals surface area (Å²) in [6.07, 6.45) is 17.7. The molecule has 0 saturated carbocycles. The molecule has 39 heavy (non-hydrogen) atoms. The number of allylic oxidation sites excluding steroid dienone is 10. The fraction of sp³-hybridized carbons (Fsp3) is 0.303. The highest BCUT2D eigenvalue weighted by Crippen LogP contribution is 2.52. The van der Waals surface area contributed by atoms with Gasteiger partial charge in [0.25, 0.3) is 0 Å². The minimum Gasteiger partial charge on any atom is -1.00 e. The van der Waals surface area contributed by atoms with Gasteiger partial charge in [-0.15, -0.1) is 0 Å². The highest BCUT2D eigenvalue weighted by Gasteiger charge is 2.45. The third-order valence-corrected chi connectivity index (χ3v) is 8.50. The highest BCUT2D eigenvalue weighted by molar-refractivity contribution is 6.04. The second-order valence-electron chi connectivity index (χ2n) is 11.4. The monoisotopic (exact) mass is 633 g/mol. The Morgan fingerprint density at radius 3 is 2.54 bits per heavy atom. The Kier molecular flexibility index (Phi) is 7.90. The Labute approximate surface area is 248 Å². The Morgan fingerprint density at radius 1 is 1.15 bits per heavy atom. The van der Waals surface area contributed by atoms with Gasteiger partial charge in [-0.1, -0.05) is 50.3 Å². The smallest absolute Gasteiger partial charge is 0.337 e. The number of halogens is 1. The number of hydrogen-bond acceptors (Lipinski definition) is 3. The van der Waals surface area contributed by atoms with E-state index in [1.165, 1.54) is 34.6 Å². The number of fused-ring (bicyclic) bond motifs is 2. The molecule has 2 aromatic rings. The van der Waals surface area contributed by atoms with Crippen molar-refractivity contribution in [3.8, 4) is 0 Å². The van der Waals surface area contributed by atoms with Gasteiger partial charge in [-0.25, -0.2) is 4.79 Å². The van der Waals surface area contributed by atoms with Gasteiger partial charge in [0.15, 0.2) is 5.71 Å². The zero-order valence-corrected chi connectivity index (χ0v) is 25.6. The number of benzene rings is 1. The van der Waals surface area contributed by atoms with Crippen molar-refractivity contribution in [1.29, 1.82) is 0 Å². The molecule has 1 saturated heterocycles. The SMILES string of the molecule is CN1C2=CC=CCC2C(C)(C)\C1=C/C=C(/C=C/C1=[N+](C)c2ccccc2C1(C)C)c1ccc(C(=O)O)cn1.[I-]. The van der Waals surface area contributed by atoms with Gasteiger partial charge in [-0.2, -0.15) is 4.58 Å². The van der Waals surface area contributed by atoms with Crippen LogP contribution in [0.1, 0.15) is 55.7 Å². The maximum absolute atomic E-state index is 11.4. The van der Waals surface area contributed by atoms with E-state index in [1.54, 1.807) is 12.1 Å². The Bertz CT molecular complexity index is 1490. The molecule has 3 aliphatic rings. The van der Waals surface area contributed by atoms with Crippen molar-refractivity contribution in [1.82, 2.24) is 9.88 Å². The molecule has 1 aromatic carbocycles. The van der Waals surface area contributed by atoms with Crippen LogP contribution in [0.15, 0.2) is 96.5 Å². The molecule has 1 unspecified atom stereocenters. The van der Waals surface area contributed by atoms with Gasteiger partial charge >= 0.3 is 5.97 Å². The summed E-state index contributed by atoms with van der Waals surface area (Å²) in [6.45, 7) is 9.12. The third kappa shape index (κ3) is 4.95. The van der Waals surface area contributed by atoms with E-state index in [-0.39, 0.29) is 40.4 Å². The van der Waals surface area contributed by atoms with Crippen molar-refractivity contribution in [3.63, 3.8) is 0 Å². The van der Waals surface area contributed by atoms with E-state index in [1.807, 2.05) is 0 Å². The summed E-state index contributed by atoms with van der Waals surface area (Å²) in [5.74, 6) is -0.528. The Hall–Kier alpha value is -3.26. The first-order valence-corrected chi connectivity index (χ1v) is 13.1. The molecular weight excluding hydrogens is 597 g/mol. The minimum atomic E-state index is -0.978. The van der Waals surface area contributed by atoms with Crippen LogP contribution in [0.5, 0.6) is 0 Å². The highest BCUT2D eigenvalue weighted by atomic mass is 127. The molecule has 5 rings (SSSR count). The number of nitrogens with zero attached hydrogens (tertiary/aromatic N) is 3. The van der Waals surface area contributed by atoms with Crippen LogP contribution in [0.4, 0.5) is 5.69 Å². The van der Waals surface area contributed by atoms with Crippen LogP contribution in [0, 0.1) is 11.3 Å². The number of carboxylic acids is 1. The number of carboxylic acid groups (broad SMARTS) is 1. The zero-order valence-electron chi connectivity index (χ0n) is 23.4. The number of rotatable bonds is 5. The lowest BCUT2D eigenvalue weighted by Crippen LogP contribution is -3.00. The maximum Gasteiger partial charge on any atom is 0.337 e. The summed E-state index contributed by atoms with van der Waals surface area (Å²) in [5, 5.41) is 9.37. The van der Waals surface area contributed by atoms with Crippen molar-refractivity contribution in [2.75, 3.05) is 14.1 Å². The number of likely N-dealkylation sites (tertiary alicyclic amines) is 1. The van der Waals surface area contributed by atoms with Crippen LogP contribution in [-0.2, 0) is 5.41 Å². The molecule has 1 atom stereocenters. The maximum atomic E-state index is 11.4. The van der Waals surface area contributed by atoms with Crippen molar-refractivity contribution >= 4 is 22.9 Å². The van der Waals surface area contributed by atoms with Crippen LogP contribution < -0.4 is 24.0 Å². The standard InChI is InChI=1S/C33H35N3O2.HI/c1-32(2)24-11-7-9-13-27(24)35(5)29(32)19-16-22(26-18-15-23(21-34-26)31(37)38)17-20-30-33(3,4)25-12-8-10-14-28(25)36(30)6;/h7-11,13-21,25H,12H2,1-6H3;1H. The van der Waals surface area contributed by atoms with Crippen molar-refractivity contribution in [2.24, 2.45) is 11.3 Å². The van der Waals surface area contributed by atoms with E-state index in [4.69, 9.17) is 0 Å². The van der Waals surface area contributed by atoms with Crippen LogP contribution >= 0.6 is 0 Å². The molecule has 202 valence electrons. The van der Waals surface area contributed by atoms with E-state index in [0.717, 1.165) is 17.7 Å². The average Bonchev–Trinajstić information content (AvgIpc) is 3.22. The molecule has 0 amide bonds. The largest absolute Gasteiger partial charge is 1.00 e. The summed E-state index contributed by atoms with van der Waals surface area (Å²) in [6, 6.07) is 11.9.